The SMILES string of the molecule is Cl.Nc1ccccc1OCCn1cccn1. The van der Waals surface area contributed by atoms with Gasteiger partial charge in [0, 0.05) is 12.4 Å². The van der Waals surface area contributed by atoms with E-state index in [1.807, 2.05) is 41.2 Å². The van der Waals surface area contributed by atoms with Gasteiger partial charge in [-0.3, -0.25) is 4.68 Å². The van der Waals surface area contributed by atoms with E-state index in [-0.39, 0.29) is 12.4 Å². The summed E-state index contributed by atoms with van der Waals surface area (Å²) in [6.45, 7) is 1.29. The average molecular weight is 240 g/mol. The monoisotopic (exact) mass is 239 g/mol. The third-order valence-electron chi connectivity index (χ3n) is 2.06. The number of halogens is 1. The van der Waals surface area contributed by atoms with Crippen LogP contribution >= 0.6 is 12.4 Å². The highest BCUT2D eigenvalue weighted by Crippen LogP contribution is 2.19. The predicted molar refractivity (Wildman–Crippen MR) is 65.8 cm³/mol. The summed E-state index contributed by atoms with van der Waals surface area (Å²) in [5.74, 6) is 0.727. The Hall–Kier alpha value is -1.68. The van der Waals surface area contributed by atoms with Crippen molar-refractivity contribution in [2.45, 2.75) is 6.54 Å². The molecule has 0 unspecified atom stereocenters. The van der Waals surface area contributed by atoms with Gasteiger partial charge in [-0.2, -0.15) is 5.10 Å². The van der Waals surface area contributed by atoms with Crippen molar-refractivity contribution in [1.82, 2.24) is 9.78 Å². The molecule has 0 radical (unpaired) electrons. The zero-order chi connectivity index (χ0) is 10.5. The third kappa shape index (κ3) is 3.17. The van der Waals surface area contributed by atoms with Gasteiger partial charge < -0.3 is 10.5 Å². The molecule has 86 valence electrons. The molecule has 1 heterocycles. The van der Waals surface area contributed by atoms with Crippen LogP contribution in [0.1, 0.15) is 0 Å². The first-order valence-corrected chi connectivity index (χ1v) is 4.81. The van der Waals surface area contributed by atoms with Gasteiger partial charge in [-0.25, -0.2) is 0 Å². The minimum absolute atomic E-state index is 0. The van der Waals surface area contributed by atoms with Gasteiger partial charge in [0.15, 0.2) is 0 Å². The van der Waals surface area contributed by atoms with Gasteiger partial charge in [0.2, 0.25) is 0 Å². The van der Waals surface area contributed by atoms with Crippen LogP contribution in [0, 0.1) is 0 Å². The van der Waals surface area contributed by atoms with Gasteiger partial charge >= 0.3 is 0 Å². The zero-order valence-electron chi connectivity index (χ0n) is 8.74. The molecule has 16 heavy (non-hydrogen) atoms. The normalized spacial score (nSPS) is 9.50. The number of nitrogens with two attached hydrogens (primary N) is 1. The second-order valence-corrected chi connectivity index (χ2v) is 3.16. The van der Waals surface area contributed by atoms with Gasteiger partial charge in [-0.1, -0.05) is 12.1 Å². The predicted octanol–water partition coefficient (Wildman–Crippen LogP) is 1.97. The van der Waals surface area contributed by atoms with Crippen LogP contribution in [0.25, 0.3) is 0 Å². The molecule has 0 saturated carbocycles. The summed E-state index contributed by atoms with van der Waals surface area (Å²) >= 11 is 0. The lowest BCUT2D eigenvalue weighted by Crippen LogP contribution is -2.09. The van der Waals surface area contributed by atoms with Crippen molar-refractivity contribution < 1.29 is 4.74 Å². The van der Waals surface area contributed by atoms with E-state index >= 15 is 0 Å². The zero-order valence-corrected chi connectivity index (χ0v) is 9.56. The smallest absolute Gasteiger partial charge is 0.142 e. The molecule has 1 aromatic carbocycles. The number of anilines is 1. The standard InChI is InChI=1S/C11H13N3O.ClH/c12-10-4-1-2-5-11(10)15-9-8-14-7-3-6-13-14;/h1-7H,8-9,12H2;1H. The highest BCUT2D eigenvalue weighted by atomic mass is 35.5. The molecule has 2 aromatic rings. The van der Waals surface area contributed by atoms with Crippen molar-refractivity contribution in [1.29, 1.82) is 0 Å². The van der Waals surface area contributed by atoms with Crippen LogP contribution < -0.4 is 10.5 Å². The average Bonchev–Trinajstić information content (AvgIpc) is 2.74. The maximum atomic E-state index is 5.73. The Balaban J connectivity index is 0.00000128. The van der Waals surface area contributed by atoms with E-state index in [2.05, 4.69) is 5.10 Å². The van der Waals surface area contributed by atoms with Crippen molar-refractivity contribution in [3.8, 4) is 5.75 Å². The van der Waals surface area contributed by atoms with E-state index in [1.54, 1.807) is 6.20 Å². The van der Waals surface area contributed by atoms with E-state index in [0.717, 1.165) is 12.3 Å². The number of ether oxygens (including phenoxy) is 1. The van der Waals surface area contributed by atoms with Crippen molar-refractivity contribution in [3.05, 3.63) is 42.7 Å². The number of hydrogen-bond acceptors (Lipinski definition) is 3. The van der Waals surface area contributed by atoms with Crippen LogP contribution in [-0.2, 0) is 6.54 Å². The molecule has 0 atom stereocenters. The van der Waals surface area contributed by atoms with Crippen LogP contribution in [0.2, 0.25) is 0 Å². The first kappa shape index (κ1) is 12.4. The highest BCUT2D eigenvalue weighted by Gasteiger charge is 1.98. The van der Waals surface area contributed by atoms with E-state index in [9.17, 15) is 0 Å². The summed E-state index contributed by atoms with van der Waals surface area (Å²) in [4.78, 5) is 0. The van der Waals surface area contributed by atoms with E-state index in [1.165, 1.54) is 0 Å². The molecule has 0 aliphatic carbocycles. The molecular formula is C11H14ClN3O. The number of rotatable bonds is 4. The van der Waals surface area contributed by atoms with Gasteiger partial charge in [0.05, 0.1) is 12.2 Å². The molecule has 4 nitrogen and oxygen atoms in total. The lowest BCUT2D eigenvalue weighted by atomic mass is 10.3. The van der Waals surface area contributed by atoms with Crippen LogP contribution in [-0.4, -0.2) is 16.4 Å². The Kier molecular flexibility index (Phi) is 4.66. The summed E-state index contributed by atoms with van der Waals surface area (Å²) in [6.07, 6.45) is 3.65. The molecule has 1 aromatic heterocycles. The first-order valence-electron chi connectivity index (χ1n) is 4.81. The number of aromatic nitrogens is 2. The third-order valence-corrected chi connectivity index (χ3v) is 2.06. The maximum Gasteiger partial charge on any atom is 0.142 e. The molecule has 0 fully saturated rings. The van der Waals surface area contributed by atoms with Crippen LogP contribution in [0.3, 0.4) is 0 Å². The molecule has 2 N–H and O–H groups in total. The number of para-hydroxylation sites is 2. The lowest BCUT2D eigenvalue weighted by Gasteiger charge is -2.08. The highest BCUT2D eigenvalue weighted by molar-refractivity contribution is 5.85. The molecular weight excluding hydrogens is 226 g/mol. The Morgan fingerprint density at radius 1 is 1.25 bits per heavy atom. The topological polar surface area (TPSA) is 53.1 Å². The van der Waals surface area contributed by atoms with Crippen LogP contribution in [0.4, 0.5) is 5.69 Å². The second kappa shape index (κ2) is 6.02. The fraction of sp³-hybridized carbons (Fsp3) is 0.182. The van der Waals surface area contributed by atoms with Gasteiger partial charge in [-0.15, -0.1) is 12.4 Å². The van der Waals surface area contributed by atoms with Crippen molar-refractivity contribution in [3.63, 3.8) is 0 Å². The molecule has 0 aliphatic rings. The lowest BCUT2D eigenvalue weighted by molar-refractivity contribution is 0.293. The van der Waals surface area contributed by atoms with Crippen molar-refractivity contribution in [2.75, 3.05) is 12.3 Å². The number of nitrogen functional groups attached to an aromatic ring is 1. The number of nitrogens with zero attached hydrogens (tertiary/aromatic N) is 2. The maximum absolute atomic E-state index is 5.73. The van der Waals surface area contributed by atoms with E-state index in [0.29, 0.717) is 12.3 Å². The minimum Gasteiger partial charge on any atom is -0.490 e. The molecule has 0 saturated heterocycles. The fourth-order valence-corrected chi connectivity index (χ4v) is 1.29. The summed E-state index contributed by atoms with van der Waals surface area (Å²) < 4.78 is 7.34. The molecule has 0 bridgehead atoms. The molecule has 0 amide bonds. The summed E-state index contributed by atoms with van der Waals surface area (Å²) in [5, 5.41) is 4.08. The van der Waals surface area contributed by atoms with Gasteiger partial charge in [0.1, 0.15) is 12.4 Å². The van der Waals surface area contributed by atoms with Gasteiger partial charge in [-0.05, 0) is 18.2 Å². The Bertz CT molecular complexity index is 417. The Morgan fingerprint density at radius 3 is 2.75 bits per heavy atom. The van der Waals surface area contributed by atoms with Crippen molar-refractivity contribution in [2.24, 2.45) is 0 Å². The molecule has 5 heteroatoms. The largest absolute Gasteiger partial charge is 0.490 e. The Morgan fingerprint density at radius 2 is 2.06 bits per heavy atom. The van der Waals surface area contributed by atoms with Crippen molar-refractivity contribution >= 4 is 18.1 Å². The first-order chi connectivity index (χ1) is 7.36. The summed E-state index contributed by atoms with van der Waals surface area (Å²) in [5.41, 5.74) is 6.40. The van der Waals surface area contributed by atoms with Crippen LogP contribution in [0.5, 0.6) is 5.75 Å². The summed E-state index contributed by atoms with van der Waals surface area (Å²) in [6, 6.07) is 9.36. The molecule has 0 spiro atoms. The van der Waals surface area contributed by atoms with E-state index in [4.69, 9.17) is 10.5 Å². The minimum atomic E-state index is 0. The summed E-state index contributed by atoms with van der Waals surface area (Å²) in [7, 11) is 0. The quantitative estimate of drug-likeness (QED) is 0.830. The number of hydrogen-bond donors (Lipinski definition) is 1. The second-order valence-electron chi connectivity index (χ2n) is 3.16. The number of benzene rings is 1. The van der Waals surface area contributed by atoms with Crippen LogP contribution in [0.15, 0.2) is 42.7 Å². The van der Waals surface area contributed by atoms with Gasteiger partial charge in [0.25, 0.3) is 0 Å². The fourth-order valence-electron chi connectivity index (χ4n) is 1.29. The van der Waals surface area contributed by atoms with E-state index < -0.39 is 0 Å². The molecule has 0 aliphatic heterocycles. The molecule has 2 rings (SSSR count). The Labute approximate surface area is 100 Å².